The maximum absolute atomic E-state index is 10.9. The predicted octanol–water partition coefficient (Wildman–Crippen LogP) is 1.27. The number of aryl methyl sites for hydroxylation is 1. The molecule has 0 amide bonds. The molecule has 5 nitrogen and oxygen atoms in total. The number of carboxylic acids is 1. The van der Waals surface area contributed by atoms with E-state index in [4.69, 9.17) is 5.11 Å². The standard InChI is InChI=1S/C10H9N3O2/c1-7-11-12-9(10(14)15)13(7)8-5-3-2-4-6-8/h2-6H,1H3,(H,14,15). The first kappa shape index (κ1) is 9.39. The fourth-order valence-electron chi connectivity index (χ4n) is 1.39. The van der Waals surface area contributed by atoms with Gasteiger partial charge in [-0.2, -0.15) is 0 Å². The van der Waals surface area contributed by atoms with Gasteiger partial charge in [-0.05, 0) is 19.1 Å². The summed E-state index contributed by atoms with van der Waals surface area (Å²) in [5, 5.41) is 16.3. The van der Waals surface area contributed by atoms with Crippen LogP contribution in [0.15, 0.2) is 30.3 Å². The summed E-state index contributed by atoms with van der Waals surface area (Å²) in [4.78, 5) is 10.9. The van der Waals surface area contributed by atoms with Crippen molar-refractivity contribution in [2.75, 3.05) is 0 Å². The van der Waals surface area contributed by atoms with Gasteiger partial charge in [0.25, 0.3) is 0 Å². The highest BCUT2D eigenvalue weighted by molar-refractivity contribution is 5.84. The fraction of sp³-hybridized carbons (Fsp3) is 0.100. The van der Waals surface area contributed by atoms with E-state index in [1.54, 1.807) is 6.92 Å². The van der Waals surface area contributed by atoms with Crippen LogP contribution < -0.4 is 0 Å². The lowest BCUT2D eigenvalue weighted by molar-refractivity contribution is 0.0680. The van der Waals surface area contributed by atoms with Gasteiger partial charge in [-0.1, -0.05) is 18.2 Å². The van der Waals surface area contributed by atoms with Crippen molar-refractivity contribution in [1.82, 2.24) is 14.8 Å². The molecule has 0 radical (unpaired) electrons. The molecule has 0 bridgehead atoms. The quantitative estimate of drug-likeness (QED) is 0.798. The summed E-state index contributed by atoms with van der Waals surface area (Å²) in [6, 6.07) is 9.15. The van der Waals surface area contributed by atoms with Gasteiger partial charge in [-0.3, -0.25) is 4.57 Å². The van der Waals surface area contributed by atoms with Crippen molar-refractivity contribution in [2.24, 2.45) is 0 Å². The maximum atomic E-state index is 10.9. The van der Waals surface area contributed by atoms with E-state index in [1.807, 2.05) is 30.3 Å². The Kier molecular flexibility index (Phi) is 2.21. The predicted molar refractivity (Wildman–Crippen MR) is 53.1 cm³/mol. The summed E-state index contributed by atoms with van der Waals surface area (Å²) in [5.41, 5.74) is 0.748. The van der Waals surface area contributed by atoms with Gasteiger partial charge in [0.05, 0.1) is 0 Å². The molecule has 76 valence electrons. The number of carbonyl (C=O) groups is 1. The Morgan fingerprint density at radius 2 is 1.93 bits per heavy atom. The summed E-state index contributed by atoms with van der Waals surface area (Å²) >= 11 is 0. The van der Waals surface area contributed by atoms with Crippen LogP contribution in [0.3, 0.4) is 0 Å². The van der Waals surface area contributed by atoms with E-state index in [0.29, 0.717) is 5.82 Å². The summed E-state index contributed by atoms with van der Waals surface area (Å²) < 4.78 is 1.50. The number of para-hydroxylation sites is 1. The first-order valence-corrected chi connectivity index (χ1v) is 4.41. The number of hydrogen-bond donors (Lipinski definition) is 1. The second-order valence-corrected chi connectivity index (χ2v) is 3.05. The van der Waals surface area contributed by atoms with E-state index in [-0.39, 0.29) is 5.82 Å². The SMILES string of the molecule is Cc1nnc(C(=O)O)n1-c1ccccc1. The van der Waals surface area contributed by atoms with Crippen molar-refractivity contribution in [3.05, 3.63) is 42.0 Å². The van der Waals surface area contributed by atoms with E-state index in [2.05, 4.69) is 10.2 Å². The molecule has 15 heavy (non-hydrogen) atoms. The van der Waals surface area contributed by atoms with Crippen LogP contribution >= 0.6 is 0 Å². The molecule has 0 spiro atoms. The zero-order chi connectivity index (χ0) is 10.8. The molecule has 5 heteroatoms. The highest BCUT2D eigenvalue weighted by Crippen LogP contribution is 2.11. The smallest absolute Gasteiger partial charge is 0.374 e. The number of hydrogen-bond acceptors (Lipinski definition) is 3. The van der Waals surface area contributed by atoms with E-state index in [0.717, 1.165) is 5.69 Å². The lowest BCUT2D eigenvalue weighted by Gasteiger charge is -2.04. The van der Waals surface area contributed by atoms with E-state index >= 15 is 0 Å². The number of aromatic carboxylic acids is 1. The Bertz CT molecular complexity index is 491. The highest BCUT2D eigenvalue weighted by atomic mass is 16.4. The minimum absolute atomic E-state index is 0.0706. The molecule has 0 unspecified atom stereocenters. The third kappa shape index (κ3) is 1.59. The average Bonchev–Trinajstić information content (AvgIpc) is 2.61. The Morgan fingerprint density at radius 1 is 1.27 bits per heavy atom. The van der Waals surface area contributed by atoms with Crippen LogP contribution in [0.4, 0.5) is 0 Å². The average molecular weight is 203 g/mol. The Morgan fingerprint density at radius 3 is 2.53 bits per heavy atom. The normalized spacial score (nSPS) is 10.2. The van der Waals surface area contributed by atoms with Gasteiger partial charge in [0, 0.05) is 5.69 Å². The van der Waals surface area contributed by atoms with E-state index in [1.165, 1.54) is 4.57 Å². The maximum Gasteiger partial charge on any atom is 0.374 e. The van der Waals surface area contributed by atoms with Crippen LogP contribution in [0.25, 0.3) is 5.69 Å². The second kappa shape index (κ2) is 3.53. The number of rotatable bonds is 2. The van der Waals surface area contributed by atoms with Crippen LogP contribution in [0.2, 0.25) is 0 Å². The molecule has 2 rings (SSSR count). The molecule has 1 N–H and O–H groups in total. The molecule has 1 aromatic carbocycles. The molecule has 0 aliphatic rings. The van der Waals surface area contributed by atoms with Gasteiger partial charge < -0.3 is 5.11 Å². The highest BCUT2D eigenvalue weighted by Gasteiger charge is 2.16. The number of benzene rings is 1. The minimum Gasteiger partial charge on any atom is -0.475 e. The van der Waals surface area contributed by atoms with Gasteiger partial charge in [0.1, 0.15) is 5.82 Å². The van der Waals surface area contributed by atoms with Crippen molar-refractivity contribution in [2.45, 2.75) is 6.92 Å². The van der Waals surface area contributed by atoms with Crippen LogP contribution in [0.5, 0.6) is 0 Å². The molecule has 0 atom stereocenters. The van der Waals surface area contributed by atoms with Crippen molar-refractivity contribution < 1.29 is 9.90 Å². The molecular weight excluding hydrogens is 194 g/mol. The Balaban J connectivity index is 2.62. The first-order valence-electron chi connectivity index (χ1n) is 4.41. The monoisotopic (exact) mass is 203 g/mol. The van der Waals surface area contributed by atoms with Crippen molar-refractivity contribution >= 4 is 5.97 Å². The van der Waals surface area contributed by atoms with Crippen molar-refractivity contribution in [1.29, 1.82) is 0 Å². The molecule has 0 aliphatic carbocycles. The van der Waals surface area contributed by atoms with E-state index < -0.39 is 5.97 Å². The first-order chi connectivity index (χ1) is 7.20. The molecule has 0 saturated carbocycles. The third-order valence-electron chi connectivity index (χ3n) is 2.03. The molecular formula is C10H9N3O2. The minimum atomic E-state index is -1.08. The molecule has 1 aromatic heterocycles. The topological polar surface area (TPSA) is 68.0 Å². The molecule has 2 aromatic rings. The summed E-state index contributed by atoms with van der Waals surface area (Å²) in [5.74, 6) is -0.600. The lowest BCUT2D eigenvalue weighted by atomic mass is 10.3. The zero-order valence-electron chi connectivity index (χ0n) is 8.08. The van der Waals surface area contributed by atoms with Gasteiger partial charge in [0.15, 0.2) is 0 Å². The molecule has 0 aliphatic heterocycles. The van der Waals surface area contributed by atoms with Crippen LogP contribution in [0.1, 0.15) is 16.4 Å². The number of carboxylic acid groups (broad SMARTS) is 1. The summed E-state index contributed by atoms with van der Waals surface area (Å²) in [7, 11) is 0. The van der Waals surface area contributed by atoms with Crippen LogP contribution in [-0.2, 0) is 0 Å². The Labute approximate surface area is 86.0 Å². The largest absolute Gasteiger partial charge is 0.475 e. The van der Waals surface area contributed by atoms with Crippen molar-refractivity contribution in [3.8, 4) is 5.69 Å². The fourth-order valence-corrected chi connectivity index (χ4v) is 1.39. The lowest BCUT2D eigenvalue weighted by Crippen LogP contribution is -2.08. The van der Waals surface area contributed by atoms with Gasteiger partial charge >= 0.3 is 5.97 Å². The third-order valence-corrected chi connectivity index (χ3v) is 2.03. The molecule has 0 fully saturated rings. The van der Waals surface area contributed by atoms with Crippen LogP contribution in [0, 0.1) is 6.92 Å². The zero-order valence-corrected chi connectivity index (χ0v) is 8.08. The summed E-state index contributed by atoms with van der Waals surface area (Å²) in [6.07, 6.45) is 0. The summed E-state index contributed by atoms with van der Waals surface area (Å²) in [6.45, 7) is 1.71. The van der Waals surface area contributed by atoms with Gasteiger partial charge in [-0.15, -0.1) is 10.2 Å². The van der Waals surface area contributed by atoms with Gasteiger partial charge in [-0.25, -0.2) is 4.79 Å². The van der Waals surface area contributed by atoms with Crippen LogP contribution in [-0.4, -0.2) is 25.8 Å². The van der Waals surface area contributed by atoms with E-state index in [9.17, 15) is 4.79 Å². The van der Waals surface area contributed by atoms with Gasteiger partial charge in [0.2, 0.25) is 5.82 Å². The number of nitrogens with zero attached hydrogens (tertiary/aromatic N) is 3. The number of aromatic nitrogens is 3. The molecule has 1 heterocycles. The van der Waals surface area contributed by atoms with Crippen molar-refractivity contribution in [3.63, 3.8) is 0 Å². The molecule has 0 saturated heterocycles. The second-order valence-electron chi connectivity index (χ2n) is 3.05. The Hall–Kier alpha value is -2.17.